The molecule has 1 rings (SSSR count). The van der Waals surface area contributed by atoms with Crippen LogP contribution in [0.1, 0.15) is 13.8 Å². The molecule has 1 aromatic carbocycles. The van der Waals surface area contributed by atoms with Gasteiger partial charge in [-0.1, -0.05) is 25.4 Å². The molecule has 0 radical (unpaired) electrons. The first kappa shape index (κ1) is 17.7. The van der Waals surface area contributed by atoms with Crippen molar-refractivity contribution in [1.82, 2.24) is 0 Å². The van der Waals surface area contributed by atoms with Gasteiger partial charge in [0.25, 0.3) is 0 Å². The van der Waals surface area contributed by atoms with Crippen molar-refractivity contribution >= 4 is 38.9 Å². The Morgan fingerprint density at radius 3 is 2.43 bits per heavy atom. The number of rotatable bonds is 6. The van der Waals surface area contributed by atoms with Gasteiger partial charge >= 0.3 is 0 Å². The lowest BCUT2D eigenvalue weighted by atomic mass is 9.95. The van der Waals surface area contributed by atoms with Crippen LogP contribution in [0, 0.1) is 11.8 Å². The van der Waals surface area contributed by atoms with E-state index >= 15 is 0 Å². The summed E-state index contributed by atoms with van der Waals surface area (Å²) in [4.78, 5) is 12.1. The number of hydrogen-bond acceptors (Lipinski definition) is 4. The number of benzene rings is 1. The number of anilines is 2. The topological polar surface area (TPSA) is 101 Å². The molecule has 0 bridgehead atoms. The van der Waals surface area contributed by atoms with E-state index in [1.807, 2.05) is 13.8 Å². The Hall–Kier alpha value is -1.31. The van der Waals surface area contributed by atoms with Gasteiger partial charge < -0.3 is 11.1 Å². The summed E-state index contributed by atoms with van der Waals surface area (Å²) >= 11 is 5.99. The fraction of sp³-hybridized carbons (Fsp3) is 0.462. The van der Waals surface area contributed by atoms with E-state index in [1.54, 1.807) is 6.07 Å². The van der Waals surface area contributed by atoms with Crippen LogP contribution in [0.2, 0.25) is 5.02 Å². The number of hydrogen-bond donors (Lipinski definition) is 3. The van der Waals surface area contributed by atoms with Gasteiger partial charge in [0.15, 0.2) is 0 Å². The van der Waals surface area contributed by atoms with E-state index in [1.165, 1.54) is 12.1 Å². The Labute approximate surface area is 130 Å². The molecule has 6 nitrogen and oxygen atoms in total. The minimum atomic E-state index is -3.40. The summed E-state index contributed by atoms with van der Waals surface area (Å²) in [6, 6.07) is 4.55. The summed E-state index contributed by atoms with van der Waals surface area (Å²) in [7, 11) is -3.40. The monoisotopic (exact) mass is 333 g/mol. The van der Waals surface area contributed by atoms with E-state index in [-0.39, 0.29) is 35.0 Å². The molecule has 0 aliphatic heterocycles. The molecule has 0 aliphatic carbocycles. The zero-order chi connectivity index (χ0) is 16.2. The molecule has 1 unspecified atom stereocenters. The van der Waals surface area contributed by atoms with Crippen LogP contribution in [0.5, 0.6) is 0 Å². The van der Waals surface area contributed by atoms with E-state index in [9.17, 15) is 13.2 Å². The normalized spacial score (nSPS) is 13.0. The van der Waals surface area contributed by atoms with E-state index in [0.29, 0.717) is 5.69 Å². The smallest absolute Gasteiger partial charge is 0.229 e. The molecule has 0 fully saturated rings. The second-order valence-electron chi connectivity index (χ2n) is 5.14. The van der Waals surface area contributed by atoms with Crippen LogP contribution in [0.3, 0.4) is 0 Å². The summed E-state index contributed by atoms with van der Waals surface area (Å²) in [5.74, 6) is -0.360. The van der Waals surface area contributed by atoms with Gasteiger partial charge in [0, 0.05) is 12.2 Å². The van der Waals surface area contributed by atoms with E-state index in [2.05, 4.69) is 10.0 Å². The third-order valence-electron chi connectivity index (χ3n) is 2.93. The van der Waals surface area contributed by atoms with Crippen molar-refractivity contribution in [1.29, 1.82) is 0 Å². The average Bonchev–Trinajstić information content (AvgIpc) is 2.31. The fourth-order valence-corrected chi connectivity index (χ4v) is 2.65. The molecule has 0 spiro atoms. The number of carbonyl (C=O) groups excluding carboxylic acids is 1. The van der Waals surface area contributed by atoms with Crippen molar-refractivity contribution in [3.8, 4) is 0 Å². The SMILES string of the molecule is CC(C)C(CN)C(=O)Nc1ccc(NS(C)(=O)=O)c(Cl)c1. The first-order valence-corrected chi connectivity index (χ1v) is 8.69. The highest BCUT2D eigenvalue weighted by atomic mass is 35.5. The van der Waals surface area contributed by atoms with Gasteiger partial charge in [-0.2, -0.15) is 0 Å². The third kappa shape index (κ3) is 5.53. The number of carbonyl (C=O) groups is 1. The molecule has 0 heterocycles. The summed E-state index contributed by atoms with van der Waals surface area (Å²) in [5, 5.41) is 2.93. The van der Waals surface area contributed by atoms with Crippen LogP contribution in [0.25, 0.3) is 0 Å². The van der Waals surface area contributed by atoms with E-state index in [4.69, 9.17) is 17.3 Å². The molecule has 118 valence electrons. The van der Waals surface area contributed by atoms with E-state index in [0.717, 1.165) is 6.26 Å². The van der Waals surface area contributed by atoms with Crippen molar-refractivity contribution < 1.29 is 13.2 Å². The zero-order valence-corrected chi connectivity index (χ0v) is 13.8. The maximum Gasteiger partial charge on any atom is 0.229 e. The number of sulfonamides is 1. The quantitative estimate of drug-likeness (QED) is 0.739. The first-order valence-electron chi connectivity index (χ1n) is 6.42. The molecule has 1 aromatic rings. The second kappa shape index (κ2) is 7.11. The standard InChI is InChI=1S/C13H20ClN3O3S/c1-8(2)10(7-15)13(18)16-9-4-5-12(11(14)6-9)17-21(3,19)20/h4-6,8,10,17H,7,15H2,1-3H3,(H,16,18). The van der Waals surface area contributed by atoms with Crippen molar-refractivity contribution in [2.45, 2.75) is 13.8 Å². The summed E-state index contributed by atoms with van der Waals surface area (Å²) in [6.07, 6.45) is 1.04. The molecule has 21 heavy (non-hydrogen) atoms. The molecule has 0 aromatic heterocycles. The zero-order valence-electron chi connectivity index (χ0n) is 12.2. The molecule has 0 saturated carbocycles. The van der Waals surface area contributed by atoms with Crippen molar-refractivity contribution in [2.24, 2.45) is 17.6 Å². The molecular formula is C13H20ClN3O3S. The van der Waals surface area contributed by atoms with Gasteiger partial charge in [-0.25, -0.2) is 8.42 Å². The van der Waals surface area contributed by atoms with Gasteiger partial charge in [0.1, 0.15) is 0 Å². The van der Waals surface area contributed by atoms with Crippen molar-refractivity contribution in [3.63, 3.8) is 0 Å². The highest BCUT2D eigenvalue weighted by molar-refractivity contribution is 7.92. The predicted octanol–water partition coefficient (Wildman–Crippen LogP) is 1.88. The summed E-state index contributed by atoms with van der Waals surface area (Å²) in [6.45, 7) is 4.09. The number of halogens is 1. The largest absolute Gasteiger partial charge is 0.330 e. The fourth-order valence-electron chi connectivity index (χ4n) is 1.79. The second-order valence-corrected chi connectivity index (χ2v) is 7.30. The Morgan fingerprint density at radius 2 is 2.00 bits per heavy atom. The maximum absolute atomic E-state index is 12.1. The number of nitrogens with two attached hydrogens (primary N) is 1. The van der Waals surface area contributed by atoms with Crippen LogP contribution >= 0.6 is 11.6 Å². The lowest BCUT2D eigenvalue weighted by molar-refractivity contribution is -0.120. The predicted molar refractivity (Wildman–Crippen MR) is 85.9 cm³/mol. The summed E-state index contributed by atoms with van der Waals surface area (Å²) < 4.78 is 24.6. The first-order chi connectivity index (χ1) is 9.64. The van der Waals surface area contributed by atoms with Gasteiger partial charge in [0.05, 0.1) is 22.9 Å². The Balaban J connectivity index is 2.87. The molecule has 8 heteroatoms. The molecule has 4 N–H and O–H groups in total. The Bertz CT molecular complexity index is 617. The lowest BCUT2D eigenvalue weighted by Gasteiger charge is -2.18. The van der Waals surface area contributed by atoms with Crippen molar-refractivity contribution in [3.05, 3.63) is 23.2 Å². The van der Waals surface area contributed by atoms with Gasteiger partial charge in [-0.3, -0.25) is 9.52 Å². The molecule has 0 saturated heterocycles. The van der Waals surface area contributed by atoms with E-state index < -0.39 is 10.0 Å². The Morgan fingerprint density at radius 1 is 1.38 bits per heavy atom. The lowest BCUT2D eigenvalue weighted by Crippen LogP contribution is -2.33. The number of nitrogens with one attached hydrogen (secondary N) is 2. The van der Waals surface area contributed by atoms with Crippen molar-refractivity contribution in [2.75, 3.05) is 22.8 Å². The Kier molecular flexibility index (Phi) is 6.00. The van der Waals surface area contributed by atoms with Crippen LogP contribution < -0.4 is 15.8 Å². The average molecular weight is 334 g/mol. The molecule has 1 amide bonds. The third-order valence-corrected chi connectivity index (χ3v) is 3.83. The van der Waals surface area contributed by atoms with Crippen LogP contribution in [0.4, 0.5) is 11.4 Å². The highest BCUT2D eigenvalue weighted by Gasteiger charge is 2.20. The van der Waals surface area contributed by atoms with Crippen LogP contribution in [-0.4, -0.2) is 27.1 Å². The highest BCUT2D eigenvalue weighted by Crippen LogP contribution is 2.26. The maximum atomic E-state index is 12.1. The minimum absolute atomic E-state index is 0.122. The molecule has 1 atom stereocenters. The molecular weight excluding hydrogens is 314 g/mol. The van der Waals surface area contributed by atoms with Gasteiger partial charge in [-0.05, 0) is 24.1 Å². The molecule has 0 aliphatic rings. The summed E-state index contributed by atoms with van der Waals surface area (Å²) in [5.41, 5.74) is 6.34. The van der Waals surface area contributed by atoms with Crippen LogP contribution in [-0.2, 0) is 14.8 Å². The minimum Gasteiger partial charge on any atom is -0.330 e. The van der Waals surface area contributed by atoms with Crippen LogP contribution in [0.15, 0.2) is 18.2 Å². The van der Waals surface area contributed by atoms with Gasteiger partial charge in [-0.15, -0.1) is 0 Å². The van der Waals surface area contributed by atoms with Gasteiger partial charge in [0.2, 0.25) is 15.9 Å². The number of amides is 1.